The quantitative estimate of drug-likeness (QED) is 0.0528. The fourth-order valence-corrected chi connectivity index (χ4v) is 6.75. The molecule has 0 aromatic carbocycles. The van der Waals surface area contributed by atoms with E-state index < -0.39 is 5.79 Å². The lowest BCUT2D eigenvalue weighted by Crippen LogP contribution is -2.41. The predicted octanol–water partition coefficient (Wildman–Crippen LogP) is 13.9. The summed E-state index contributed by atoms with van der Waals surface area (Å²) in [6, 6.07) is 0. The van der Waals surface area contributed by atoms with Gasteiger partial charge < -0.3 is 14.4 Å². The summed E-state index contributed by atoms with van der Waals surface area (Å²) in [4.78, 5) is 2.77. The SMILES string of the molecule is CCCCCCCCCC(CCN(CCCCCCCCCC(C)(C)C)CCCCCCCCCC(C)(C)C)(OCC)OCC. The number of hydrogen-bond acceptors (Lipinski definition) is 3. The number of hydrogen-bond donors (Lipinski definition) is 0. The van der Waals surface area contributed by atoms with Crippen LogP contribution in [0, 0.1) is 10.8 Å². The van der Waals surface area contributed by atoms with Gasteiger partial charge >= 0.3 is 0 Å². The Balaban J connectivity index is 4.74. The summed E-state index contributed by atoms with van der Waals surface area (Å²) in [7, 11) is 0. The van der Waals surface area contributed by atoms with Gasteiger partial charge in [0.25, 0.3) is 0 Å². The van der Waals surface area contributed by atoms with Gasteiger partial charge in [0.2, 0.25) is 0 Å². The molecule has 0 fully saturated rings. The second-order valence-corrected chi connectivity index (χ2v) is 16.8. The van der Waals surface area contributed by atoms with Gasteiger partial charge in [0.15, 0.2) is 5.79 Å². The lowest BCUT2D eigenvalue weighted by Gasteiger charge is -2.35. The second kappa shape index (κ2) is 28.9. The molecule has 272 valence electrons. The molecule has 0 bridgehead atoms. The van der Waals surface area contributed by atoms with E-state index in [4.69, 9.17) is 9.47 Å². The van der Waals surface area contributed by atoms with Gasteiger partial charge in [0, 0.05) is 32.6 Å². The molecule has 0 spiro atoms. The lowest BCUT2D eigenvalue weighted by atomic mass is 9.89. The van der Waals surface area contributed by atoms with Gasteiger partial charge in [-0.05, 0) is 69.9 Å². The van der Waals surface area contributed by atoms with Crippen molar-refractivity contribution in [1.29, 1.82) is 0 Å². The smallest absolute Gasteiger partial charge is 0.169 e. The van der Waals surface area contributed by atoms with Crippen LogP contribution in [-0.4, -0.2) is 43.5 Å². The monoisotopic (exact) mass is 638 g/mol. The minimum atomic E-state index is -0.398. The van der Waals surface area contributed by atoms with Crippen LogP contribution in [0.2, 0.25) is 0 Å². The first-order valence-electron chi connectivity index (χ1n) is 20.5. The first-order valence-corrected chi connectivity index (χ1v) is 20.5. The fraction of sp³-hybridized carbons (Fsp3) is 1.00. The maximum Gasteiger partial charge on any atom is 0.169 e. The first-order chi connectivity index (χ1) is 21.5. The van der Waals surface area contributed by atoms with Crippen molar-refractivity contribution >= 4 is 0 Å². The standard InChI is InChI=1S/C42H87NO2/c1-10-13-14-15-18-25-30-35-42(44-11-2,45-12-3)36-39-43(37-31-26-21-16-19-23-28-33-40(4,5)6)38-32-27-22-17-20-24-29-34-41(7,8)9/h10-39H2,1-9H3. The Kier molecular flexibility index (Phi) is 28.8. The highest BCUT2D eigenvalue weighted by atomic mass is 16.7. The van der Waals surface area contributed by atoms with Crippen LogP contribution in [0.3, 0.4) is 0 Å². The Labute approximate surface area is 286 Å². The van der Waals surface area contributed by atoms with E-state index in [1.165, 1.54) is 161 Å². The molecular weight excluding hydrogens is 550 g/mol. The predicted molar refractivity (Wildman–Crippen MR) is 202 cm³/mol. The Morgan fingerprint density at radius 2 is 0.689 bits per heavy atom. The minimum absolute atomic E-state index is 0.398. The van der Waals surface area contributed by atoms with Crippen LogP contribution >= 0.6 is 0 Å². The number of nitrogens with zero attached hydrogens (tertiary/aromatic N) is 1. The van der Waals surface area contributed by atoms with Crippen molar-refractivity contribution in [3.05, 3.63) is 0 Å². The molecule has 0 saturated heterocycles. The Bertz CT molecular complexity index is 567. The number of rotatable bonds is 33. The summed E-state index contributed by atoms with van der Waals surface area (Å²) < 4.78 is 12.9. The van der Waals surface area contributed by atoms with Gasteiger partial charge in [-0.25, -0.2) is 0 Å². The van der Waals surface area contributed by atoms with Gasteiger partial charge in [0.1, 0.15) is 0 Å². The van der Waals surface area contributed by atoms with Crippen molar-refractivity contribution in [2.24, 2.45) is 10.8 Å². The molecule has 0 saturated carbocycles. The highest BCUT2D eigenvalue weighted by Gasteiger charge is 2.31. The molecule has 0 aliphatic carbocycles. The van der Waals surface area contributed by atoms with Gasteiger partial charge in [-0.1, -0.05) is 164 Å². The van der Waals surface area contributed by atoms with E-state index in [-0.39, 0.29) is 0 Å². The van der Waals surface area contributed by atoms with Crippen LogP contribution < -0.4 is 0 Å². The topological polar surface area (TPSA) is 21.7 Å². The van der Waals surface area contributed by atoms with Crippen molar-refractivity contribution in [3.8, 4) is 0 Å². The Hall–Kier alpha value is -0.120. The molecule has 0 aromatic heterocycles. The Morgan fingerprint density at radius 3 is 1.04 bits per heavy atom. The molecule has 0 aromatic rings. The van der Waals surface area contributed by atoms with E-state index in [0.29, 0.717) is 10.8 Å². The minimum Gasteiger partial charge on any atom is -0.350 e. The zero-order chi connectivity index (χ0) is 33.7. The average Bonchev–Trinajstić information content (AvgIpc) is 2.96. The van der Waals surface area contributed by atoms with Crippen molar-refractivity contribution in [2.45, 2.75) is 229 Å². The van der Waals surface area contributed by atoms with E-state index in [1.807, 2.05) is 0 Å². The third kappa shape index (κ3) is 30.9. The molecule has 0 radical (unpaired) electrons. The Morgan fingerprint density at radius 1 is 0.356 bits per heavy atom. The van der Waals surface area contributed by atoms with E-state index in [1.54, 1.807) is 0 Å². The van der Waals surface area contributed by atoms with Crippen molar-refractivity contribution in [3.63, 3.8) is 0 Å². The molecule has 0 heterocycles. The molecule has 0 N–H and O–H groups in total. The molecule has 3 heteroatoms. The molecule has 0 aliphatic rings. The molecular formula is C42H87NO2. The van der Waals surface area contributed by atoms with Gasteiger partial charge in [-0.15, -0.1) is 0 Å². The van der Waals surface area contributed by atoms with Gasteiger partial charge in [-0.3, -0.25) is 0 Å². The van der Waals surface area contributed by atoms with E-state index in [9.17, 15) is 0 Å². The first kappa shape index (κ1) is 44.9. The molecule has 0 unspecified atom stereocenters. The van der Waals surface area contributed by atoms with Crippen molar-refractivity contribution in [2.75, 3.05) is 32.8 Å². The van der Waals surface area contributed by atoms with Crippen molar-refractivity contribution < 1.29 is 9.47 Å². The summed E-state index contributed by atoms with van der Waals surface area (Å²) in [6.07, 6.45) is 33.6. The summed E-state index contributed by atoms with van der Waals surface area (Å²) in [5.41, 5.74) is 0.984. The largest absolute Gasteiger partial charge is 0.350 e. The summed E-state index contributed by atoms with van der Waals surface area (Å²) >= 11 is 0. The lowest BCUT2D eigenvalue weighted by molar-refractivity contribution is -0.242. The zero-order valence-corrected chi connectivity index (χ0v) is 33.0. The van der Waals surface area contributed by atoms with E-state index >= 15 is 0 Å². The number of ether oxygens (including phenoxy) is 2. The fourth-order valence-electron chi connectivity index (χ4n) is 6.75. The van der Waals surface area contributed by atoms with Crippen LogP contribution in [0.15, 0.2) is 0 Å². The summed E-state index contributed by atoms with van der Waals surface area (Å²) in [5, 5.41) is 0. The highest BCUT2D eigenvalue weighted by Crippen LogP contribution is 2.28. The van der Waals surface area contributed by atoms with E-state index in [0.717, 1.165) is 32.6 Å². The van der Waals surface area contributed by atoms with E-state index in [2.05, 4.69) is 67.2 Å². The molecule has 0 amide bonds. The third-order valence-electron chi connectivity index (χ3n) is 9.59. The normalized spacial score (nSPS) is 12.9. The maximum atomic E-state index is 6.44. The maximum absolute atomic E-state index is 6.44. The molecule has 45 heavy (non-hydrogen) atoms. The second-order valence-electron chi connectivity index (χ2n) is 16.8. The molecule has 0 atom stereocenters. The molecule has 0 aliphatic heterocycles. The highest BCUT2D eigenvalue weighted by molar-refractivity contribution is 4.74. The van der Waals surface area contributed by atoms with Crippen LogP contribution in [0.5, 0.6) is 0 Å². The summed E-state index contributed by atoms with van der Waals surface area (Å²) in [6.45, 7) is 25.9. The van der Waals surface area contributed by atoms with Crippen molar-refractivity contribution in [1.82, 2.24) is 4.90 Å². The van der Waals surface area contributed by atoms with Crippen LogP contribution in [-0.2, 0) is 9.47 Å². The van der Waals surface area contributed by atoms with Gasteiger partial charge in [-0.2, -0.15) is 0 Å². The van der Waals surface area contributed by atoms with Crippen LogP contribution in [0.25, 0.3) is 0 Å². The molecule has 3 nitrogen and oxygen atoms in total. The van der Waals surface area contributed by atoms with Crippen LogP contribution in [0.4, 0.5) is 0 Å². The third-order valence-corrected chi connectivity index (χ3v) is 9.59. The van der Waals surface area contributed by atoms with Crippen LogP contribution in [0.1, 0.15) is 223 Å². The summed E-state index contributed by atoms with van der Waals surface area (Å²) in [5.74, 6) is -0.398. The zero-order valence-electron chi connectivity index (χ0n) is 33.0. The molecule has 0 rings (SSSR count). The number of unbranched alkanes of at least 4 members (excludes halogenated alkanes) is 18. The van der Waals surface area contributed by atoms with Gasteiger partial charge in [0.05, 0.1) is 0 Å². The average molecular weight is 638 g/mol.